The van der Waals surface area contributed by atoms with E-state index in [1.54, 1.807) is 13.4 Å². The first-order valence-corrected chi connectivity index (χ1v) is 6.55. The Morgan fingerprint density at radius 3 is 2.62 bits per heavy atom. The summed E-state index contributed by atoms with van der Waals surface area (Å²) in [5, 5.41) is 14.4. The van der Waals surface area contributed by atoms with Crippen LogP contribution < -0.4 is 10.6 Å². The lowest BCUT2D eigenvalue weighted by atomic mass is 10.1. The van der Waals surface area contributed by atoms with Crippen LogP contribution in [-0.4, -0.2) is 27.8 Å². The van der Waals surface area contributed by atoms with Gasteiger partial charge in [0.15, 0.2) is 11.8 Å². The zero-order valence-corrected chi connectivity index (χ0v) is 14.8. The van der Waals surface area contributed by atoms with Gasteiger partial charge in [-0.2, -0.15) is 0 Å². The highest BCUT2D eigenvalue weighted by atomic mass is 127. The average Bonchev–Trinajstić information content (AvgIpc) is 2.89. The molecule has 0 bridgehead atoms. The van der Waals surface area contributed by atoms with Crippen LogP contribution in [0.15, 0.2) is 41.7 Å². The maximum absolute atomic E-state index is 4.22. The van der Waals surface area contributed by atoms with E-state index in [1.807, 2.05) is 29.8 Å². The number of aromatic nitrogens is 3. The van der Waals surface area contributed by atoms with E-state index in [0.29, 0.717) is 6.54 Å². The Morgan fingerprint density at radius 1 is 1.33 bits per heavy atom. The largest absolute Gasteiger partial charge is 0.350 e. The molecule has 0 amide bonds. The topological polar surface area (TPSA) is 67.1 Å². The molecule has 2 rings (SSSR count). The predicted molar refractivity (Wildman–Crippen MR) is 94.6 cm³/mol. The number of rotatable bonds is 4. The van der Waals surface area contributed by atoms with Crippen LogP contribution in [0.25, 0.3) is 0 Å². The summed E-state index contributed by atoms with van der Waals surface area (Å²) in [4.78, 5) is 4.22. The van der Waals surface area contributed by atoms with E-state index < -0.39 is 0 Å². The van der Waals surface area contributed by atoms with Crippen LogP contribution in [0.4, 0.5) is 0 Å². The molecule has 0 aliphatic rings. The van der Waals surface area contributed by atoms with Crippen LogP contribution in [0.5, 0.6) is 0 Å². The molecule has 1 atom stereocenters. The van der Waals surface area contributed by atoms with E-state index in [2.05, 4.69) is 44.9 Å². The molecule has 1 unspecified atom stereocenters. The number of nitrogens with one attached hydrogen (secondary N) is 2. The summed E-state index contributed by atoms with van der Waals surface area (Å²) >= 11 is 0. The van der Waals surface area contributed by atoms with Gasteiger partial charge < -0.3 is 15.2 Å². The molecule has 1 aromatic carbocycles. The summed E-state index contributed by atoms with van der Waals surface area (Å²) in [6.07, 6.45) is 1.68. The molecule has 1 heterocycles. The Kier molecular flexibility index (Phi) is 7.13. The van der Waals surface area contributed by atoms with E-state index in [4.69, 9.17) is 0 Å². The van der Waals surface area contributed by atoms with E-state index in [1.165, 1.54) is 5.56 Å². The summed E-state index contributed by atoms with van der Waals surface area (Å²) in [5.74, 6) is 1.60. The second-order valence-electron chi connectivity index (χ2n) is 4.56. The summed E-state index contributed by atoms with van der Waals surface area (Å²) in [7, 11) is 3.67. The van der Waals surface area contributed by atoms with Gasteiger partial charge in [0, 0.05) is 14.1 Å². The third kappa shape index (κ3) is 5.00. The minimum absolute atomic E-state index is 0. The van der Waals surface area contributed by atoms with E-state index in [0.717, 1.165) is 11.8 Å². The first kappa shape index (κ1) is 17.4. The fraction of sp³-hybridized carbons (Fsp3) is 0.357. The molecule has 114 valence electrons. The second-order valence-corrected chi connectivity index (χ2v) is 4.56. The van der Waals surface area contributed by atoms with Crippen molar-refractivity contribution in [2.75, 3.05) is 7.05 Å². The molecule has 0 aliphatic heterocycles. The van der Waals surface area contributed by atoms with Gasteiger partial charge in [-0.3, -0.25) is 4.99 Å². The number of halogens is 1. The maximum atomic E-state index is 4.22. The van der Waals surface area contributed by atoms with Crippen molar-refractivity contribution in [1.29, 1.82) is 0 Å². The Morgan fingerprint density at radius 2 is 2.05 bits per heavy atom. The minimum atomic E-state index is 0. The first-order valence-electron chi connectivity index (χ1n) is 6.55. The van der Waals surface area contributed by atoms with Crippen molar-refractivity contribution in [2.45, 2.75) is 19.5 Å². The van der Waals surface area contributed by atoms with Crippen LogP contribution in [0.2, 0.25) is 0 Å². The van der Waals surface area contributed by atoms with Crippen LogP contribution in [-0.2, 0) is 13.6 Å². The van der Waals surface area contributed by atoms with Crippen LogP contribution in [0.3, 0.4) is 0 Å². The van der Waals surface area contributed by atoms with E-state index in [-0.39, 0.29) is 30.0 Å². The van der Waals surface area contributed by atoms with Crippen LogP contribution in [0.1, 0.15) is 24.4 Å². The fourth-order valence-corrected chi connectivity index (χ4v) is 1.85. The molecule has 0 saturated heterocycles. The van der Waals surface area contributed by atoms with Gasteiger partial charge in [-0.15, -0.1) is 34.2 Å². The molecule has 6 nitrogen and oxygen atoms in total. The van der Waals surface area contributed by atoms with Gasteiger partial charge in [0.25, 0.3) is 0 Å². The molecular weight excluding hydrogens is 379 g/mol. The molecule has 0 aliphatic carbocycles. The van der Waals surface area contributed by atoms with Gasteiger partial charge in [0.2, 0.25) is 0 Å². The van der Waals surface area contributed by atoms with Crippen molar-refractivity contribution in [2.24, 2.45) is 12.0 Å². The van der Waals surface area contributed by atoms with Crippen molar-refractivity contribution in [3.05, 3.63) is 48.0 Å². The van der Waals surface area contributed by atoms with Crippen molar-refractivity contribution in [1.82, 2.24) is 25.4 Å². The molecule has 2 N–H and O–H groups in total. The minimum Gasteiger partial charge on any atom is -0.350 e. The monoisotopic (exact) mass is 400 g/mol. The van der Waals surface area contributed by atoms with Gasteiger partial charge in [0.05, 0.1) is 12.6 Å². The molecule has 0 spiro atoms. The van der Waals surface area contributed by atoms with Gasteiger partial charge >= 0.3 is 0 Å². The standard InChI is InChI=1S/C14H20N6.HI/c1-11(12-7-5-4-6-8-12)18-14(15-2)16-9-13-19-17-10-20(13)3;/h4-8,10-11H,9H2,1-3H3,(H2,15,16,18);1H. The number of nitrogens with zero attached hydrogens (tertiary/aromatic N) is 4. The lowest BCUT2D eigenvalue weighted by molar-refractivity contribution is 0.669. The zero-order valence-electron chi connectivity index (χ0n) is 12.4. The molecule has 0 saturated carbocycles. The molecule has 21 heavy (non-hydrogen) atoms. The number of benzene rings is 1. The summed E-state index contributed by atoms with van der Waals surface area (Å²) in [6.45, 7) is 2.68. The highest BCUT2D eigenvalue weighted by Gasteiger charge is 2.08. The molecular formula is C14H21IN6. The van der Waals surface area contributed by atoms with E-state index in [9.17, 15) is 0 Å². The molecule has 2 aromatic rings. The Bertz CT molecular complexity index is 566. The molecule has 7 heteroatoms. The number of guanidine groups is 1. The van der Waals surface area contributed by atoms with Gasteiger partial charge in [-0.05, 0) is 12.5 Å². The number of hydrogen-bond acceptors (Lipinski definition) is 3. The number of hydrogen-bond donors (Lipinski definition) is 2. The van der Waals surface area contributed by atoms with E-state index >= 15 is 0 Å². The lowest BCUT2D eigenvalue weighted by Crippen LogP contribution is -2.38. The summed E-state index contributed by atoms with van der Waals surface area (Å²) < 4.78 is 1.88. The summed E-state index contributed by atoms with van der Waals surface area (Å²) in [5.41, 5.74) is 1.22. The number of aryl methyl sites for hydroxylation is 1. The fourth-order valence-electron chi connectivity index (χ4n) is 1.85. The van der Waals surface area contributed by atoms with Crippen molar-refractivity contribution in [3.8, 4) is 0 Å². The van der Waals surface area contributed by atoms with Crippen molar-refractivity contribution < 1.29 is 0 Å². The molecule has 1 aromatic heterocycles. The third-order valence-electron chi connectivity index (χ3n) is 3.10. The lowest BCUT2D eigenvalue weighted by Gasteiger charge is -2.18. The SMILES string of the molecule is CN=C(NCc1nncn1C)NC(C)c1ccccc1.I. The quantitative estimate of drug-likeness (QED) is 0.467. The van der Waals surface area contributed by atoms with Crippen molar-refractivity contribution >= 4 is 29.9 Å². The Balaban J connectivity index is 0.00000220. The average molecular weight is 400 g/mol. The van der Waals surface area contributed by atoms with Gasteiger partial charge in [0.1, 0.15) is 6.33 Å². The van der Waals surface area contributed by atoms with Crippen molar-refractivity contribution in [3.63, 3.8) is 0 Å². The molecule has 0 fully saturated rings. The smallest absolute Gasteiger partial charge is 0.191 e. The molecule has 0 radical (unpaired) electrons. The number of aliphatic imine (C=N–C) groups is 1. The Labute approximate surface area is 142 Å². The third-order valence-corrected chi connectivity index (χ3v) is 3.10. The summed E-state index contributed by atoms with van der Waals surface area (Å²) in [6, 6.07) is 10.4. The first-order chi connectivity index (χ1) is 9.70. The van der Waals surface area contributed by atoms with Gasteiger partial charge in [-0.1, -0.05) is 30.3 Å². The van der Waals surface area contributed by atoms with Gasteiger partial charge in [-0.25, -0.2) is 0 Å². The maximum Gasteiger partial charge on any atom is 0.191 e. The highest BCUT2D eigenvalue weighted by Crippen LogP contribution is 2.10. The normalized spacial score (nSPS) is 12.4. The Hall–Kier alpha value is -1.64. The van der Waals surface area contributed by atoms with Crippen LogP contribution >= 0.6 is 24.0 Å². The van der Waals surface area contributed by atoms with Crippen LogP contribution in [0, 0.1) is 0 Å². The second kappa shape index (κ2) is 8.60. The zero-order chi connectivity index (χ0) is 14.4. The predicted octanol–water partition coefficient (Wildman–Crippen LogP) is 1.86. The highest BCUT2D eigenvalue weighted by molar-refractivity contribution is 14.0.